The van der Waals surface area contributed by atoms with Crippen molar-refractivity contribution in [3.05, 3.63) is 77.6 Å². The largest absolute Gasteiger partial charge is 0.506 e. The number of hydrogen-bond acceptors (Lipinski definition) is 3. The molecule has 1 amide bonds. The zero-order chi connectivity index (χ0) is 16.2. The van der Waals surface area contributed by atoms with Gasteiger partial charge in [-0.15, -0.1) is 0 Å². The molecule has 0 aliphatic carbocycles. The van der Waals surface area contributed by atoms with Gasteiger partial charge in [0.2, 0.25) is 0 Å². The first-order valence-electron chi connectivity index (χ1n) is 6.95. The van der Waals surface area contributed by atoms with Gasteiger partial charge < -0.3 is 5.11 Å². The van der Waals surface area contributed by atoms with Gasteiger partial charge in [-0.25, -0.2) is 9.82 Å². The molecule has 3 aromatic rings. The zero-order valence-corrected chi connectivity index (χ0v) is 12.0. The first-order chi connectivity index (χ1) is 11.1. The minimum Gasteiger partial charge on any atom is -0.506 e. The predicted octanol–water partition coefficient (Wildman–Crippen LogP) is 3.45. The van der Waals surface area contributed by atoms with Crippen molar-refractivity contribution < 1.29 is 14.3 Å². The van der Waals surface area contributed by atoms with Crippen LogP contribution in [0, 0.1) is 5.82 Å². The number of hydrogen-bond donors (Lipinski definition) is 2. The van der Waals surface area contributed by atoms with E-state index in [1.165, 1.54) is 18.3 Å². The van der Waals surface area contributed by atoms with Crippen LogP contribution in [-0.2, 0) is 0 Å². The van der Waals surface area contributed by atoms with Crippen molar-refractivity contribution in [2.75, 3.05) is 0 Å². The summed E-state index contributed by atoms with van der Waals surface area (Å²) >= 11 is 0. The fourth-order valence-electron chi connectivity index (χ4n) is 2.21. The van der Waals surface area contributed by atoms with Crippen molar-refractivity contribution in [2.45, 2.75) is 0 Å². The maximum Gasteiger partial charge on any atom is 0.275 e. The lowest BCUT2D eigenvalue weighted by Crippen LogP contribution is -2.17. The van der Waals surface area contributed by atoms with Gasteiger partial charge in [-0.2, -0.15) is 5.10 Å². The molecule has 2 N–H and O–H groups in total. The zero-order valence-electron chi connectivity index (χ0n) is 12.0. The first-order valence-corrected chi connectivity index (χ1v) is 6.95. The van der Waals surface area contributed by atoms with Crippen molar-refractivity contribution in [1.29, 1.82) is 0 Å². The van der Waals surface area contributed by atoms with Crippen LogP contribution in [0.5, 0.6) is 5.75 Å². The standard InChI is InChI=1S/C18H13FN2O2/c19-14-8-5-12(6-9-14)11-20-21-18(23)16-10-7-13-3-1-2-4-15(13)17(16)22/h1-11,22H,(H,21,23). The maximum atomic E-state index is 12.8. The number of phenols is 1. The van der Waals surface area contributed by atoms with E-state index in [-0.39, 0.29) is 17.1 Å². The van der Waals surface area contributed by atoms with Crippen molar-refractivity contribution in [2.24, 2.45) is 5.10 Å². The van der Waals surface area contributed by atoms with Gasteiger partial charge in [-0.1, -0.05) is 42.5 Å². The Morgan fingerprint density at radius 3 is 2.57 bits per heavy atom. The van der Waals surface area contributed by atoms with Crippen LogP contribution in [-0.4, -0.2) is 17.2 Å². The highest BCUT2D eigenvalue weighted by Gasteiger charge is 2.12. The van der Waals surface area contributed by atoms with Crippen LogP contribution in [0.2, 0.25) is 0 Å². The van der Waals surface area contributed by atoms with Crippen LogP contribution in [0.3, 0.4) is 0 Å². The lowest BCUT2D eigenvalue weighted by molar-refractivity contribution is 0.0952. The van der Waals surface area contributed by atoms with Gasteiger partial charge in [0.05, 0.1) is 11.8 Å². The molecule has 0 spiro atoms. The van der Waals surface area contributed by atoms with E-state index in [0.717, 1.165) is 5.39 Å². The van der Waals surface area contributed by atoms with Crippen LogP contribution in [0.1, 0.15) is 15.9 Å². The molecule has 0 aromatic heterocycles. The number of nitrogens with zero attached hydrogens (tertiary/aromatic N) is 1. The Kier molecular flexibility index (Phi) is 4.01. The molecule has 0 fully saturated rings. The van der Waals surface area contributed by atoms with Crippen LogP contribution in [0.4, 0.5) is 4.39 Å². The van der Waals surface area contributed by atoms with E-state index >= 15 is 0 Å². The fourth-order valence-corrected chi connectivity index (χ4v) is 2.21. The maximum absolute atomic E-state index is 12.8. The van der Waals surface area contributed by atoms with Crippen LogP contribution in [0.25, 0.3) is 10.8 Å². The predicted molar refractivity (Wildman–Crippen MR) is 87.1 cm³/mol. The molecular formula is C18H13FN2O2. The summed E-state index contributed by atoms with van der Waals surface area (Å²) < 4.78 is 12.8. The Balaban J connectivity index is 1.78. The van der Waals surface area contributed by atoms with Gasteiger partial charge in [-0.3, -0.25) is 4.79 Å². The minimum absolute atomic E-state index is 0.0856. The molecule has 23 heavy (non-hydrogen) atoms. The van der Waals surface area contributed by atoms with Crippen LogP contribution < -0.4 is 5.43 Å². The quantitative estimate of drug-likeness (QED) is 0.575. The number of carbonyl (C=O) groups is 1. The summed E-state index contributed by atoms with van der Waals surface area (Å²) in [5.74, 6) is -0.948. The summed E-state index contributed by atoms with van der Waals surface area (Å²) in [6.07, 6.45) is 1.40. The highest BCUT2D eigenvalue weighted by Crippen LogP contribution is 2.28. The normalized spacial score (nSPS) is 11.0. The van der Waals surface area contributed by atoms with Crippen LogP contribution in [0.15, 0.2) is 65.8 Å². The molecule has 3 rings (SSSR count). The van der Waals surface area contributed by atoms with Gasteiger partial charge in [0.15, 0.2) is 0 Å². The summed E-state index contributed by atoms with van der Waals surface area (Å²) in [5, 5.41) is 15.5. The number of fused-ring (bicyclic) bond motifs is 1. The Labute approximate surface area is 131 Å². The molecule has 0 radical (unpaired) electrons. The van der Waals surface area contributed by atoms with Crippen molar-refractivity contribution >= 4 is 22.9 Å². The van der Waals surface area contributed by atoms with E-state index in [1.807, 2.05) is 12.1 Å². The molecule has 5 heteroatoms. The van der Waals surface area contributed by atoms with Gasteiger partial charge in [0, 0.05) is 5.39 Å². The Bertz CT molecular complexity index is 889. The molecule has 3 aromatic carbocycles. The van der Waals surface area contributed by atoms with Gasteiger partial charge in [0.1, 0.15) is 11.6 Å². The van der Waals surface area contributed by atoms with E-state index < -0.39 is 5.91 Å². The average molecular weight is 308 g/mol. The number of amides is 1. The summed E-state index contributed by atoms with van der Waals surface area (Å²) in [6, 6.07) is 16.2. The van der Waals surface area contributed by atoms with E-state index in [2.05, 4.69) is 10.5 Å². The number of benzene rings is 3. The third-order valence-electron chi connectivity index (χ3n) is 3.39. The summed E-state index contributed by atoms with van der Waals surface area (Å²) in [5.41, 5.74) is 3.13. The third kappa shape index (κ3) is 3.18. The molecule has 0 bridgehead atoms. The number of halogens is 1. The van der Waals surface area contributed by atoms with E-state index in [4.69, 9.17) is 0 Å². The molecule has 0 saturated heterocycles. The van der Waals surface area contributed by atoms with Gasteiger partial charge >= 0.3 is 0 Å². The molecule has 114 valence electrons. The van der Waals surface area contributed by atoms with Crippen molar-refractivity contribution in [3.63, 3.8) is 0 Å². The molecule has 0 aliphatic heterocycles. The second-order valence-electron chi connectivity index (χ2n) is 4.93. The monoisotopic (exact) mass is 308 g/mol. The second-order valence-corrected chi connectivity index (χ2v) is 4.93. The highest BCUT2D eigenvalue weighted by molar-refractivity contribution is 6.03. The number of phenolic OH excluding ortho intramolecular Hbond substituents is 1. The van der Waals surface area contributed by atoms with E-state index in [9.17, 15) is 14.3 Å². The Morgan fingerprint density at radius 1 is 1.04 bits per heavy atom. The molecule has 0 atom stereocenters. The SMILES string of the molecule is O=C(NN=Cc1ccc(F)cc1)c1ccc2ccccc2c1O. The van der Waals surface area contributed by atoms with Gasteiger partial charge in [0.25, 0.3) is 5.91 Å². The number of rotatable bonds is 3. The topological polar surface area (TPSA) is 61.7 Å². The molecule has 0 saturated carbocycles. The Hall–Kier alpha value is -3.21. The highest BCUT2D eigenvalue weighted by atomic mass is 19.1. The van der Waals surface area contributed by atoms with Crippen molar-refractivity contribution in [3.8, 4) is 5.75 Å². The smallest absolute Gasteiger partial charge is 0.275 e. The number of carbonyl (C=O) groups excluding carboxylic acids is 1. The fraction of sp³-hybridized carbons (Fsp3) is 0. The summed E-state index contributed by atoms with van der Waals surface area (Å²) in [7, 11) is 0. The lowest BCUT2D eigenvalue weighted by atomic mass is 10.1. The Morgan fingerprint density at radius 2 is 1.78 bits per heavy atom. The number of aromatic hydroxyl groups is 1. The van der Waals surface area contributed by atoms with Crippen molar-refractivity contribution in [1.82, 2.24) is 5.43 Å². The molecule has 0 heterocycles. The molecular weight excluding hydrogens is 295 g/mol. The number of hydrazone groups is 1. The summed E-state index contributed by atoms with van der Waals surface area (Å²) in [6.45, 7) is 0. The minimum atomic E-state index is -0.522. The lowest BCUT2D eigenvalue weighted by Gasteiger charge is -2.06. The third-order valence-corrected chi connectivity index (χ3v) is 3.39. The second kappa shape index (κ2) is 6.27. The molecule has 0 unspecified atom stereocenters. The van der Waals surface area contributed by atoms with Gasteiger partial charge in [-0.05, 0) is 29.1 Å². The first kappa shape index (κ1) is 14.7. The van der Waals surface area contributed by atoms with E-state index in [1.54, 1.807) is 36.4 Å². The molecule has 4 nitrogen and oxygen atoms in total. The number of nitrogens with one attached hydrogen (secondary N) is 1. The van der Waals surface area contributed by atoms with E-state index in [0.29, 0.717) is 10.9 Å². The summed E-state index contributed by atoms with van der Waals surface area (Å²) in [4.78, 5) is 12.1. The molecule has 0 aliphatic rings. The average Bonchev–Trinajstić information content (AvgIpc) is 2.57. The van der Waals surface area contributed by atoms with Crippen LogP contribution >= 0.6 is 0 Å².